The highest BCUT2D eigenvalue weighted by Gasteiger charge is 2.22. The van der Waals surface area contributed by atoms with Crippen molar-refractivity contribution in [3.05, 3.63) is 188 Å². The molecule has 0 fully saturated rings. The quantitative estimate of drug-likeness (QED) is 0.167. The van der Waals surface area contributed by atoms with E-state index in [1.54, 1.807) is 0 Å². The van der Waals surface area contributed by atoms with Gasteiger partial charge in [0, 0.05) is 53.0 Å². The van der Waals surface area contributed by atoms with E-state index < -0.39 is 0 Å². The monoisotopic (exact) mass is 781 g/mol. The van der Waals surface area contributed by atoms with E-state index in [1.165, 1.54) is 63.6 Å². The van der Waals surface area contributed by atoms with Crippen molar-refractivity contribution in [2.75, 3.05) is 0 Å². The van der Waals surface area contributed by atoms with E-state index in [2.05, 4.69) is 140 Å². The summed E-state index contributed by atoms with van der Waals surface area (Å²) in [4.78, 5) is 15.7. The number of thiophene rings is 1. The molecule has 278 valence electrons. The summed E-state index contributed by atoms with van der Waals surface area (Å²) in [5.74, 6) is 1.84. The molecule has 13 rings (SSSR count). The van der Waals surface area contributed by atoms with Crippen LogP contribution in [0, 0.1) is 0 Å². The molecule has 0 unspecified atom stereocenters. The maximum Gasteiger partial charge on any atom is 0.164 e. The molecule has 0 spiro atoms. The number of hydrogen-bond donors (Lipinski definition) is 0. The first kappa shape index (κ1) is 33.3. The SMILES string of the molecule is c1ccc(-c2nc(-c3cccc4c(-c5cc6ccc7ccccc7c6c6sc7c8ccccc8ccc7c56)cccc34)nc(-c3cccc4oc5ccccc5c34)n2)cc1. The number of furan rings is 1. The Morgan fingerprint density at radius 1 is 0.317 bits per heavy atom. The number of benzene rings is 10. The van der Waals surface area contributed by atoms with Crippen LogP contribution in [0.3, 0.4) is 0 Å². The lowest BCUT2D eigenvalue weighted by molar-refractivity contribution is 0.669. The molecule has 3 aromatic heterocycles. The average molecular weight is 782 g/mol. The lowest BCUT2D eigenvalue weighted by Gasteiger charge is -2.15. The van der Waals surface area contributed by atoms with Gasteiger partial charge in [0.2, 0.25) is 0 Å². The number of nitrogens with zero attached hydrogens (tertiary/aromatic N) is 3. The molecule has 0 amide bonds. The zero-order valence-corrected chi connectivity index (χ0v) is 32.9. The van der Waals surface area contributed by atoms with E-state index in [0.29, 0.717) is 17.5 Å². The fourth-order valence-electron chi connectivity index (χ4n) is 9.40. The summed E-state index contributed by atoms with van der Waals surface area (Å²) in [5, 5.41) is 14.4. The zero-order chi connectivity index (χ0) is 39.3. The number of aromatic nitrogens is 3. The van der Waals surface area contributed by atoms with Gasteiger partial charge in [0.15, 0.2) is 17.5 Å². The average Bonchev–Trinajstić information content (AvgIpc) is 3.91. The molecule has 0 aliphatic carbocycles. The molecule has 0 atom stereocenters. The fourth-order valence-corrected chi connectivity index (χ4v) is 10.8. The Morgan fingerprint density at radius 2 is 0.900 bits per heavy atom. The Kier molecular flexibility index (Phi) is 7.14. The first-order valence-corrected chi connectivity index (χ1v) is 21.0. The van der Waals surface area contributed by atoms with Crippen LogP contribution in [0.5, 0.6) is 0 Å². The van der Waals surface area contributed by atoms with Crippen LogP contribution in [0.2, 0.25) is 0 Å². The summed E-state index contributed by atoms with van der Waals surface area (Å²) >= 11 is 1.92. The van der Waals surface area contributed by atoms with Crippen LogP contribution >= 0.6 is 11.3 Å². The predicted molar refractivity (Wildman–Crippen MR) is 252 cm³/mol. The van der Waals surface area contributed by atoms with Gasteiger partial charge in [-0.2, -0.15) is 0 Å². The van der Waals surface area contributed by atoms with Crippen molar-refractivity contribution in [1.29, 1.82) is 0 Å². The van der Waals surface area contributed by atoms with Crippen molar-refractivity contribution in [2.45, 2.75) is 0 Å². The van der Waals surface area contributed by atoms with Gasteiger partial charge in [-0.25, -0.2) is 15.0 Å². The Balaban J connectivity index is 1.09. The first-order chi connectivity index (χ1) is 29.7. The molecule has 3 heterocycles. The topological polar surface area (TPSA) is 51.8 Å². The smallest absolute Gasteiger partial charge is 0.164 e. The summed E-state index contributed by atoms with van der Waals surface area (Å²) in [7, 11) is 0. The number of para-hydroxylation sites is 1. The van der Waals surface area contributed by atoms with Gasteiger partial charge in [-0.3, -0.25) is 0 Å². The van der Waals surface area contributed by atoms with Gasteiger partial charge in [-0.05, 0) is 67.0 Å². The number of hydrogen-bond acceptors (Lipinski definition) is 5. The van der Waals surface area contributed by atoms with Crippen LogP contribution in [0.15, 0.2) is 192 Å². The van der Waals surface area contributed by atoms with Crippen LogP contribution in [-0.4, -0.2) is 15.0 Å². The highest BCUT2D eigenvalue weighted by atomic mass is 32.1. The summed E-state index contributed by atoms with van der Waals surface area (Å²) in [6, 6.07) is 66.7. The van der Waals surface area contributed by atoms with E-state index in [4.69, 9.17) is 19.4 Å². The van der Waals surface area contributed by atoms with Crippen LogP contribution in [0.4, 0.5) is 0 Å². The van der Waals surface area contributed by atoms with Gasteiger partial charge < -0.3 is 4.42 Å². The maximum atomic E-state index is 6.31. The molecule has 0 aliphatic rings. The number of fused-ring (bicyclic) bond motifs is 13. The third-order valence-electron chi connectivity index (χ3n) is 12.1. The van der Waals surface area contributed by atoms with Gasteiger partial charge in [0.25, 0.3) is 0 Å². The molecule has 4 nitrogen and oxygen atoms in total. The van der Waals surface area contributed by atoms with Crippen molar-refractivity contribution in [3.8, 4) is 45.3 Å². The molecule has 0 aliphatic heterocycles. The van der Waals surface area contributed by atoms with Crippen molar-refractivity contribution in [3.63, 3.8) is 0 Å². The second-order valence-corrected chi connectivity index (χ2v) is 16.5. The first-order valence-electron chi connectivity index (χ1n) is 20.2. The lowest BCUT2D eigenvalue weighted by atomic mass is 9.89. The van der Waals surface area contributed by atoms with Gasteiger partial charge in [-0.15, -0.1) is 11.3 Å². The second kappa shape index (κ2) is 12.9. The van der Waals surface area contributed by atoms with Crippen LogP contribution in [0.1, 0.15) is 0 Å². The Hall–Kier alpha value is -7.73. The Labute approximate surface area is 347 Å². The van der Waals surface area contributed by atoms with Crippen molar-refractivity contribution in [2.24, 2.45) is 0 Å². The van der Waals surface area contributed by atoms with Crippen LogP contribution < -0.4 is 0 Å². The summed E-state index contributed by atoms with van der Waals surface area (Å²) in [5.41, 5.74) is 6.81. The highest BCUT2D eigenvalue weighted by molar-refractivity contribution is 7.27. The van der Waals surface area contributed by atoms with Crippen molar-refractivity contribution in [1.82, 2.24) is 15.0 Å². The Morgan fingerprint density at radius 3 is 1.75 bits per heavy atom. The van der Waals surface area contributed by atoms with E-state index in [-0.39, 0.29) is 0 Å². The molecular weight excluding hydrogens is 751 g/mol. The van der Waals surface area contributed by atoms with Gasteiger partial charge in [0.05, 0.1) is 0 Å². The van der Waals surface area contributed by atoms with Crippen LogP contribution in [-0.2, 0) is 0 Å². The van der Waals surface area contributed by atoms with E-state index >= 15 is 0 Å². The van der Waals surface area contributed by atoms with E-state index in [1.807, 2.05) is 59.9 Å². The molecule has 0 saturated carbocycles. The standard InChI is InChI=1S/C55H31N3OS/c1-2-15-34(16-3-1)53-56-54(58-55(57-53)44-24-12-26-47-49(44)42-19-8-9-25-46(42)59-47)41-23-11-20-38-39(41)21-10-22-40(38)45-31-35-28-27-32-13-4-6-17-36(32)48(35)52-50(45)43-30-29-33-14-5-7-18-37(33)51(43)60-52/h1-31H. The summed E-state index contributed by atoms with van der Waals surface area (Å²) in [6.45, 7) is 0. The van der Waals surface area contributed by atoms with Gasteiger partial charge >= 0.3 is 0 Å². The normalized spacial score (nSPS) is 12.0. The molecular formula is C55H31N3OS. The highest BCUT2D eigenvalue weighted by Crippen LogP contribution is 2.49. The number of rotatable bonds is 4. The van der Waals surface area contributed by atoms with Gasteiger partial charge in [0.1, 0.15) is 11.2 Å². The third kappa shape index (κ3) is 4.93. The molecule has 13 aromatic rings. The summed E-state index contributed by atoms with van der Waals surface area (Å²) < 4.78 is 8.94. The summed E-state index contributed by atoms with van der Waals surface area (Å²) in [6.07, 6.45) is 0. The molecule has 10 aromatic carbocycles. The van der Waals surface area contributed by atoms with E-state index in [9.17, 15) is 0 Å². The molecule has 0 bridgehead atoms. The fraction of sp³-hybridized carbons (Fsp3) is 0. The molecule has 60 heavy (non-hydrogen) atoms. The minimum absolute atomic E-state index is 0.601. The van der Waals surface area contributed by atoms with Crippen molar-refractivity contribution < 1.29 is 4.42 Å². The molecule has 0 N–H and O–H groups in total. The van der Waals surface area contributed by atoms with Crippen LogP contribution in [0.25, 0.3) is 130 Å². The van der Waals surface area contributed by atoms with Crippen molar-refractivity contribution >= 4 is 96.5 Å². The second-order valence-electron chi connectivity index (χ2n) is 15.4. The lowest BCUT2D eigenvalue weighted by Crippen LogP contribution is -2.01. The molecule has 5 heteroatoms. The van der Waals surface area contributed by atoms with Gasteiger partial charge in [-0.1, -0.05) is 170 Å². The third-order valence-corrected chi connectivity index (χ3v) is 13.4. The molecule has 0 saturated heterocycles. The largest absolute Gasteiger partial charge is 0.456 e. The zero-order valence-electron chi connectivity index (χ0n) is 32.1. The Bertz CT molecular complexity index is 3900. The maximum absolute atomic E-state index is 6.31. The van der Waals surface area contributed by atoms with E-state index in [0.717, 1.165) is 49.4 Å². The minimum atomic E-state index is 0.601. The predicted octanol–water partition coefficient (Wildman–Crippen LogP) is 15.4. The molecule has 0 radical (unpaired) electrons. The minimum Gasteiger partial charge on any atom is -0.456 e.